The Bertz CT molecular complexity index is 793. The number of carbonyl (C=O) groups excluding carboxylic acids is 1. The summed E-state index contributed by atoms with van der Waals surface area (Å²) in [5.74, 6) is 1.47. The minimum Gasteiger partial charge on any atom is -0.493 e. The predicted octanol–water partition coefficient (Wildman–Crippen LogP) is 3.47. The van der Waals surface area contributed by atoms with Gasteiger partial charge in [0.2, 0.25) is 0 Å². The number of nitrogens with zero attached hydrogens (tertiary/aromatic N) is 2. The van der Waals surface area contributed by atoms with Crippen LogP contribution in [0.15, 0.2) is 53.6 Å². The monoisotopic (exact) mass is 372 g/mol. The molecule has 25 heavy (non-hydrogen) atoms. The number of hydrogen-bond acceptors (Lipinski definition) is 6. The normalized spacial score (nSPS) is 14.4. The Labute approximate surface area is 155 Å². The second kappa shape index (κ2) is 8.13. The van der Waals surface area contributed by atoms with E-state index in [1.807, 2.05) is 42.5 Å². The van der Waals surface area contributed by atoms with E-state index < -0.39 is 0 Å². The lowest BCUT2D eigenvalue weighted by atomic mass is 10.2. The zero-order chi connectivity index (χ0) is 17.6. The predicted molar refractivity (Wildman–Crippen MR) is 103 cm³/mol. The van der Waals surface area contributed by atoms with Gasteiger partial charge in [-0.1, -0.05) is 54.3 Å². The smallest absolute Gasteiger partial charge is 0.259 e. The van der Waals surface area contributed by atoms with Crippen molar-refractivity contribution >= 4 is 40.4 Å². The van der Waals surface area contributed by atoms with Gasteiger partial charge in [-0.05, 0) is 29.3 Å². The Morgan fingerprint density at radius 1 is 1.24 bits per heavy atom. The summed E-state index contributed by atoms with van der Waals surface area (Å²) in [6, 6.07) is 15.4. The number of hydrogen-bond donors (Lipinski definition) is 0. The van der Waals surface area contributed by atoms with E-state index in [1.54, 1.807) is 19.4 Å². The molecule has 2 aromatic rings. The van der Waals surface area contributed by atoms with Crippen molar-refractivity contribution in [2.75, 3.05) is 12.9 Å². The average Bonchev–Trinajstić information content (AvgIpc) is 2.97. The van der Waals surface area contributed by atoms with Crippen LogP contribution in [-0.2, 0) is 11.4 Å². The molecule has 128 valence electrons. The van der Waals surface area contributed by atoms with Gasteiger partial charge in [0.25, 0.3) is 5.91 Å². The molecule has 0 atom stereocenters. The van der Waals surface area contributed by atoms with Gasteiger partial charge in [0, 0.05) is 0 Å². The van der Waals surface area contributed by atoms with Gasteiger partial charge in [0.05, 0.1) is 19.1 Å². The maximum atomic E-state index is 11.7. The first kappa shape index (κ1) is 17.4. The third kappa shape index (κ3) is 4.37. The van der Waals surface area contributed by atoms with Crippen LogP contribution in [0.1, 0.15) is 11.1 Å². The minimum absolute atomic E-state index is 0.111. The summed E-state index contributed by atoms with van der Waals surface area (Å²) in [6.45, 7) is 0.434. The fourth-order valence-corrected chi connectivity index (χ4v) is 3.17. The molecule has 2 aromatic carbocycles. The van der Waals surface area contributed by atoms with Gasteiger partial charge in [-0.2, -0.15) is 10.1 Å². The number of rotatable bonds is 6. The first-order valence-electron chi connectivity index (χ1n) is 7.56. The van der Waals surface area contributed by atoms with Gasteiger partial charge in [0.1, 0.15) is 6.61 Å². The van der Waals surface area contributed by atoms with Gasteiger partial charge in [-0.15, -0.1) is 0 Å². The number of hydrazone groups is 1. The molecule has 0 radical (unpaired) electrons. The first-order chi connectivity index (χ1) is 12.2. The number of methoxy groups -OCH3 is 1. The van der Waals surface area contributed by atoms with Gasteiger partial charge in [-0.25, -0.2) is 0 Å². The van der Waals surface area contributed by atoms with E-state index in [9.17, 15) is 4.79 Å². The van der Waals surface area contributed by atoms with Crippen molar-refractivity contribution in [3.63, 3.8) is 0 Å². The van der Waals surface area contributed by atoms with Crippen molar-refractivity contribution in [2.45, 2.75) is 6.61 Å². The topological polar surface area (TPSA) is 51.1 Å². The quantitative estimate of drug-likeness (QED) is 0.574. The summed E-state index contributed by atoms with van der Waals surface area (Å²) < 4.78 is 11.7. The maximum Gasteiger partial charge on any atom is 0.259 e. The molecule has 0 bridgehead atoms. The lowest BCUT2D eigenvalue weighted by molar-refractivity contribution is -0.123. The van der Waals surface area contributed by atoms with Crippen molar-refractivity contribution in [3.8, 4) is 11.5 Å². The number of thioether (sulfide) groups is 1. The van der Waals surface area contributed by atoms with Gasteiger partial charge < -0.3 is 9.47 Å². The summed E-state index contributed by atoms with van der Waals surface area (Å²) in [5, 5.41) is 5.42. The number of amides is 1. The summed E-state index contributed by atoms with van der Waals surface area (Å²) in [4.78, 5) is 11.7. The molecule has 0 aliphatic carbocycles. The summed E-state index contributed by atoms with van der Waals surface area (Å²) in [5.41, 5.74) is 1.85. The van der Waals surface area contributed by atoms with Crippen LogP contribution in [0.2, 0.25) is 0 Å². The number of carbonyl (C=O) groups is 1. The van der Waals surface area contributed by atoms with Crippen molar-refractivity contribution in [3.05, 3.63) is 59.7 Å². The molecule has 0 aromatic heterocycles. The molecule has 5 nitrogen and oxygen atoms in total. The van der Waals surface area contributed by atoms with Crippen LogP contribution in [0.3, 0.4) is 0 Å². The number of thiocarbonyl (C=S) groups is 1. The zero-order valence-corrected chi connectivity index (χ0v) is 15.2. The highest BCUT2D eigenvalue weighted by Gasteiger charge is 2.25. The number of ether oxygens (including phenoxy) is 2. The highest BCUT2D eigenvalue weighted by atomic mass is 32.2. The molecule has 1 aliphatic heterocycles. The van der Waals surface area contributed by atoms with E-state index in [-0.39, 0.29) is 5.91 Å². The standard InChI is InChI=1S/C18H16N2O3S2/c1-22-15-8-7-14(10-19-20-17(21)12-25-18(20)24)9-16(15)23-11-13-5-3-2-4-6-13/h2-10H,11-12H2,1H3/b19-10+. The number of benzene rings is 2. The van der Waals surface area contributed by atoms with E-state index >= 15 is 0 Å². The van der Waals surface area contributed by atoms with Crippen LogP contribution >= 0.6 is 24.0 Å². The largest absolute Gasteiger partial charge is 0.493 e. The van der Waals surface area contributed by atoms with Crippen LogP contribution in [0, 0.1) is 0 Å². The first-order valence-corrected chi connectivity index (χ1v) is 8.95. The van der Waals surface area contributed by atoms with E-state index in [2.05, 4.69) is 5.10 Å². The van der Waals surface area contributed by atoms with Crippen molar-refractivity contribution in [1.29, 1.82) is 0 Å². The summed E-state index contributed by atoms with van der Waals surface area (Å²) >= 11 is 6.42. The van der Waals surface area contributed by atoms with E-state index in [4.69, 9.17) is 21.7 Å². The molecule has 1 fully saturated rings. The Hall–Kier alpha value is -2.38. The highest BCUT2D eigenvalue weighted by Crippen LogP contribution is 2.28. The molecule has 1 aliphatic rings. The van der Waals surface area contributed by atoms with Crippen LogP contribution < -0.4 is 9.47 Å². The Morgan fingerprint density at radius 3 is 2.72 bits per heavy atom. The van der Waals surface area contributed by atoms with Crippen molar-refractivity contribution in [1.82, 2.24) is 5.01 Å². The summed E-state index contributed by atoms with van der Waals surface area (Å²) in [6.07, 6.45) is 1.59. The molecular formula is C18H16N2O3S2. The lowest BCUT2D eigenvalue weighted by Crippen LogP contribution is -2.22. The molecule has 1 saturated heterocycles. The second-order valence-corrected chi connectivity index (χ2v) is 6.80. The lowest BCUT2D eigenvalue weighted by Gasteiger charge is -2.12. The van der Waals surface area contributed by atoms with Gasteiger partial charge in [-0.3, -0.25) is 4.79 Å². The van der Waals surface area contributed by atoms with Crippen molar-refractivity contribution in [2.24, 2.45) is 5.10 Å². The molecular weight excluding hydrogens is 356 g/mol. The molecule has 3 rings (SSSR count). The second-order valence-electron chi connectivity index (χ2n) is 5.19. The third-order valence-electron chi connectivity index (χ3n) is 3.48. The Kier molecular flexibility index (Phi) is 5.67. The van der Waals surface area contributed by atoms with Crippen LogP contribution in [0.25, 0.3) is 0 Å². The highest BCUT2D eigenvalue weighted by molar-refractivity contribution is 8.23. The summed E-state index contributed by atoms with van der Waals surface area (Å²) in [7, 11) is 1.59. The van der Waals surface area contributed by atoms with E-state index in [0.29, 0.717) is 28.2 Å². The fourth-order valence-electron chi connectivity index (χ4n) is 2.21. The fraction of sp³-hybridized carbons (Fsp3) is 0.167. The molecule has 0 saturated carbocycles. The third-order valence-corrected chi connectivity index (χ3v) is 4.81. The Balaban J connectivity index is 1.75. The van der Waals surface area contributed by atoms with Crippen LogP contribution in [0.4, 0.5) is 0 Å². The Morgan fingerprint density at radius 2 is 2.04 bits per heavy atom. The zero-order valence-electron chi connectivity index (χ0n) is 13.5. The van der Waals surface area contributed by atoms with Crippen LogP contribution in [-0.4, -0.2) is 34.3 Å². The molecule has 0 N–H and O–H groups in total. The molecule has 0 unspecified atom stereocenters. The maximum absolute atomic E-state index is 11.7. The average molecular weight is 372 g/mol. The van der Waals surface area contributed by atoms with Gasteiger partial charge >= 0.3 is 0 Å². The molecule has 0 spiro atoms. The van der Waals surface area contributed by atoms with Crippen molar-refractivity contribution < 1.29 is 14.3 Å². The molecule has 1 amide bonds. The van der Waals surface area contributed by atoms with Gasteiger partial charge in [0.15, 0.2) is 15.8 Å². The molecule has 7 heteroatoms. The SMILES string of the molecule is COc1ccc(/C=N/N2C(=O)CSC2=S)cc1OCc1ccccc1. The van der Waals surface area contributed by atoms with E-state index in [1.165, 1.54) is 16.8 Å². The minimum atomic E-state index is -0.111. The van der Waals surface area contributed by atoms with E-state index in [0.717, 1.165) is 11.1 Å². The molecule has 1 heterocycles. The van der Waals surface area contributed by atoms with Crippen LogP contribution in [0.5, 0.6) is 11.5 Å².